The molecule has 0 saturated heterocycles. The predicted molar refractivity (Wildman–Crippen MR) is 112 cm³/mol. The van der Waals surface area contributed by atoms with E-state index in [2.05, 4.69) is 26.1 Å². The highest BCUT2D eigenvalue weighted by Gasteiger charge is 2.61. The van der Waals surface area contributed by atoms with E-state index in [1.54, 1.807) is 18.2 Å². The normalized spacial score (nSPS) is 29.9. The largest absolute Gasteiger partial charge is 0.349 e. The second-order valence-electron chi connectivity index (χ2n) is 9.68. The number of hydrogen-bond donors (Lipinski definition) is 1. The number of fused-ring (bicyclic) bond motifs is 4. The van der Waals surface area contributed by atoms with Crippen LogP contribution in [0, 0.1) is 16.7 Å². The van der Waals surface area contributed by atoms with Crippen molar-refractivity contribution in [3.05, 3.63) is 59.2 Å². The molecule has 3 atom stereocenters. The summed E-state index contributed by atoms with van der Waals surface area (Å²) in [4.78, 5) is 25.8. The number of benzene rings is 2. The molecule has 2 fully saturated rings. The van der Waals surface area contributed by atoms with Crippen molar-refractivity contribution in [3.63, 3.8) is 0 Å². The Bertz CT molecular complexity index is 1210. The van der Waals surface area contributed by atoms with Gasteiger partial charge < -0.3 is 5.32 Å². The van der Waals surface area contributed by atoms with Crippen molar-refractivity contribution in [3.8, 4) is 0 Å². The molecule has 1 N–H and O–H groups in total. The number of sulfone groups is 1. The number of amides is 1. The van der Waals surface area contributed by atoms with Gasteiger partial charge in [-0.05, 0) is 66.3 Å². The molecule has 2 aliphatic carbocycles. The Hall–Kier alpha value is -2.47. The minimum atomic E-state index is -3.86. The average molecular weight is 424 g/mol. The van der Waals surface area contributed by atoms with Gasteiger partial charge in [0.2, 0.25) is 9.84 Å². The van der Waals surface area contributed by atoms with E-state index in [9.17, 15) is 18.0 Å². The quantitative estimate of drug-likeness (QED) is 0.675. The maximum atomic E-state index is 13.1. The summed E-state index contributed by atoms with van der Waals surface area (Å²) in [6.07, 6.45) is 3.22. The van der Waals surface area contributed by atoms with Gasteiger partial charge in [0.25, 0.3) is 5.91 Å². The minimum Gasteiger partial charge on any atom is -0.349 e. The number of ketones is 1. The zero-order valence-corrected chi connectivity index (χ0v) is 18.2. The maximum Gasteiger partial charge on any atom is 0.251 e. The van der Waals surface area contributed by atoms with Gasteiger partial charge in [-0.2, -0.15) is 0 Å². The van der Waals surface area contributed by atoms with Crippen LogP contribution < -0.4 is 5.32 Å². The molecule has 3 aliphatic rings. The zero-order chi connectivity index (χ0) is 21.5. The molecular formula is C24H25NO4S. The molecule has 2 aromatic rings. The predicted octanol–water partition coefficient (Wildman–Crippen LogP) is 4.01. The Morgan fingerprint density at radius 3 is 2.40 bits per heavy atom. The molecule has 0 unspecified atom stereocenters. The minimum absolute atomic E-state index is 0.00224. The fourth-order valence-corrected chi connectivity index (χ4v) is 7.57. The lowest BCUT2D eigenvalue weighted by Crippen LogP contribution is -2.46. The van der Waals surface area contributed by atoms with Gasteiger partial charge >= 0.3 is 0 Å². The van der Waals surface area contributed by atoms with Crippen LogP contribution >= 0.6 is 0 Å². The first-order valence-corrected chi connectivity index (χ1v) is 11.9. The molecule has 2 saturated carbocycles. The molecule has 5 rings (SSSR count). The van der Waals surface area contributed by atoms with Crippen LogP contribution in [-0.2, 0) is 9.84 Å². The first-order chi connectivity index (χ1) is 14.1. The van der Waals surface area contributed by atoms with Crippen LogP contribution in [0.3, 0.4) is 0 Å². The molecular weight excluding hydrogens is 398 g/mol. The molecule has 6 heteroatoms. The number of hydrogen-bond acceptors (Lipinski definition) is 4. The summed E-state index contributed by atoms with van der Waals surface area (Å²) in [5, 5.41) is 3.17. The van der Waals surface area contributed by atoms with Crippen LogP contribution in [0.25, 0.3) is 0 Å². The van der Waals surface area contributed by atoms with Gasteiger partial charge in [-0.15, -0.1) is 0 Å². The highest BCUT2D eigenvalue weighted by atomic mass is 32.2. The fourth-order valence-electron chi connectivity index (χ4n) is 5.89. The fraction of sp³-hybridized carbons (Fsp3) is 0.417. The molecule has 2 aromatic carbocycles. The summed E-state index contributed by atoms with van der Waals surface area (Å²) in [6.45, 7) is 6.81. The highest BCUT2D eigenvalue weighted by Crippen LogP contribution is 2.65. The third kappa shape index (κ3) is 2.37. The Morgan fingerprint density at radius 1 is 1.03 bits per heavy atom. The lowest BCUT2D eigenvalue weighted by atomic mass is 9.69. The monoisotopic (exact) mass is 423 g/mol. The molecule has 2 bridgehead atoms. The molecule has 0 aromatic heterocycles. The average Bonchev–Trinajstić information content (AvgIpc) is 3.05. The Kier molecular flexibility index (Phi) is 3.92. The first-order valence-electron chi connectivity index (χ1n) is 10.4. The van der Waals surface area contributed by atoms with E-state index in [1.807, 2.05) is 0 Å². The van der Waals surface area contributed by atoms with Crippen molar-refractivity contribution in [2.75, 3.05) is 0 Å². The van der Waals surface area contributed by atoms with Gasteiger partial charge in [0.05, 0.1) is 9.79 Å². The van der Waals surface area contributed by atoms with Crippen molar-refractivity contribution in [1.29, 1.82) is 0 Å². The van der Waals surface area contributed by atoms with Gasteiger partial charge in [-0.25, -0.2) is 8.42 Å². The molecule has 1 heterocycles. The van der Waals surface area contributed by atoms with Crippen LogP contribution in [-0.4, -0.2) is 26.2 Å². The van der Waals surface area contributed by atoms with Crippen molar-refractivity contribution in [1.82, 2.24) is 5.32 Å². The summed E-state index contributed by atoms with van der Waals surface area (Å²) >= 11 is 0. The second kappa shape index (κ2) is 6.03. The topological polar surface area (TPSA) is 80.3 Å². The van der Waals surface area contributed by atoms with Crippen LogP contribution in [0.2, 0.25) is 0 Å². The summed E-state index contributed by atoms with van der Waals surface area (Å²) < 4.78 is 26.2. The van der Waals surface area contributed by atoms with E-state index < -0.39 is 9.84 Å². The van der Waals surface area contributed by atoms with E-state index in [4.69, 9.17) is 0 Å². The van der Waals surface area contributed by atoms with Crippen molar-refractivity contribution in [2.24, 2.45) is 16.7 Å². The second-order valence-corrected chi connectivity index (χ2v) is 11.6. The lowest BCUT2D eigenvalue weighted by Gasteiger charge is -2.39. The number of nitrogens with one attached hydrogen (secondary N) is 1. The Balaban J connectivity index is 1.49. The Labute approximate surface area is 176 Å². The van der Waals surface area contributed by atoms with Gasteiger partial charge in [0.1, 0.15) is 0 Å². The van der Waals surface area contributed by atoms with E-state index >= 15 is 0 Å². The smallest absolute Gasteiger partial charge is 0.251 e. The van der Waals surface area contributed by atoms with E-state index in [1.165, 1.54) is 30.7 Å². The van der Waals surface area contributed by atoms with E-state index in [0.717, 1.165) is 12.8 Å². The van der Waals surface area contributed by atoms with Crippen LogP contribution in [0.4, 0.5) is 0 Å². The summed E-state index contributed by atoms with van der Waals surface area (Å²) in [5.74, 6) is -0.0236. The van der Waals surface area contributed by atoms with Crippen molar-refractivity contribution < 1.29 is 18.0 Å². The molecule has 1 aliphatic heterocycles. The first kappa shape index (κ1) is 19.5. The number of carbonyl (C=O) groups excluding carboxylic acids is 2. The SMILES string of the molecule is CC1(C)[C@@H]2CC[C@@]1(C)[C@H](NC(=O)c1ccc3c(c1)S(=O)(=O)c1ccccc1C3=O)C2. The molecule has 0 spiro atoms. The molecule has 156 valence electrons. The van der Waals surface area contributed by atoms with Crippen molar-refractivity contribution >= 4 is 21.5 Å². The maximum absolute atomic E-state index is 13.1. The van der Waals surface area contributed by atoms with Gasteiger partial charge in [-0.3, -0.25) is 9.59 Å². The van der Waals surface area contributed by atoms with Crippen LogP contribution in [0.1, 0.15) is 66.3 Å². The zero-order valence-electron chi connectivity index (χ0n) is 17.4. The molecule has 1 amide bonds. The van der Waals surface area contributed by atoms with Gasteiger partial charge in [0, 0.05) is 22.7 Å². The summed E-state index contributed by atoms with van der Waals surface area (Å²) in [5.41, 5.74) is 0.772. The number of rotatable bonds is 2. The standard InChI is InChI=1S/C24H25NO4S/c1-23(2)15-10-11-24(23,3)20(13-15)25-22(27)14-8-9-17-19(12-14)30(28,29)18-7-5-4-6-16(18)21(17)26/h4-9,12,15,20H,10-11,13H2,1-3H3,(H,25,27)/t15-,20-,24+/m1/s1. The van der Waals surface area contributed by atoms with Crippen LogP contribution in [0.15, 0.2) is 52.3 Å². The number of carbonyl (C=O) groups is 2. The summed E-state index contributed by atoms with van der Waals surface area (Å²) in [6, 6.07) is 10.7. The van der Waals surface area contributed by atoms with Crippen molar-refractivity contribution in [2.45, 2.75) is 55.9 Å². The molecule has 0 radical (unpaired) electrons. The summed E-state index contributed by atoms with van der Waals surface area (Å²) in [7, 11) is -3.86. The van der Waals surface area contributed by atoms with Gasteiger partial charge in [0.15, 0.2) is 5.78 Å². The van der Waals surface area contributed by atoms with E-state index in [0.29, 0.717) is 5.92 Å². The third-order valence-corrected chi connectivity index (χ3v) is 10.2. The Morgan fingerprint density at radius 2 is 1.73 bits per heavy atom. The van der Waals surface area contributed by atoms with Crippen LogP contribution in [0.5, 0.6) is 0 Å². The van der Waals surface area contributed by atoms with E-state index in [-0.39, 0.29) is 55.0 Å². The lowest BCUT2D eigenvalue weighted by molar-refractivity contribution is 0.0825. The molecule has 5 nitrogen and oxygen atoms in total. The molecule has 30 heavy (non-hydrogen) atoms. The highest BCUT2D eigenvalue weighted by molar-refractivity contribution is 7.91. The third-order valence-electron chi connectivity index (χ3n) is 8.30. The van der Waals surface area contributed by atoms with Gasteiger partial charge in [-0.1, -0.05) is 32.9 Å².